The van der Waals surface area contributed by atoms with Crippen molar-refractivity contribution in [2.75, 3.05) is 0 Å². The summed E-state index contributed by atoms with van der Waals surface area (Å²) in [4.78, 5) is 0. The van der Waals surface area contributed by atoms with Crippen molar-refractivity contribution in [3.8, 4) is 0 Å². The van der Waals surface area contributed by atoms with E-state index < -0.39 is 19.1 Å². The molecule has 2 nitrogen and oxygen atoms in total. The van der Waals surface area contributed by atoms with Crippen molar-refractivity contribution in [3.05, 3.63) is 0 Å². The summed E-state index contributed by atoms with van der Waals surface area (Å²) in [7, 11) is 0. The molecule has 0 saturated heterocycles. The van der Waals surface area contributed by atoms with Crippen molar-refractivity contribution in [1.29, 1.82) is 0 Å². The maximum absolute atomic E-state index is 8.50. The van der Waals surface area contributed by atoms with Gasteiger partial charge in [-0.3, -0.25) is 0 Å². The third kappa shape index (κ3) is 11.8. The molecule has 0 unspecified atom stereocenters. The summed E-state index contributed by atoms with van der Waals surface area (Å²) in [6, 6.07) is 0. The van der Waals surface area contributed by atoms with Crippen molar-refractivity contribution in [1.82, 2.24) is 0 Å². The minimum absolute atomic E-state index is 0. The third-order valence-electron chi connectivity index (χ3n) is 0. The van der Waals surface area contributed by atoms with Gasteiger partial charge in [-0.1, -0.05) is 0 Å². The van der Waals surface area contributed by atoms with Crippen LogP contribution in [0.4, 0.5) is 0 Å². The standard InChI is InChI=1S/2O.2Ti.H. The Morgan fingerprint density at radius 1 is 1.25 bits per heavy atom. The number of hydrogen-bond donors (Lipinski definition) is 0. The summed E-state index contributed by atoms with van der Waals surface area (Å²) in [6.45, 7) is 0. The summed E-state index contributed by atoms with van der Waals surface area (Å²) < 4.78 is 17.0. The van der Waals surface area contributed by atoms with Crippen LogP contribution in [-0.2, 0) is 47.5 Å². The Labute approximate surface area is 47.4 Å². The molecular formula is HO2Ti2. The molecule has 21 valence electrons. The monoisotopic (exact) mass is 129 g/mol. The van der Waals surface area contributed by atoms with Crippen LogP contribution in [0.5, 0.6) is 0 Å². The van der Waals surface area contributed by atoms with Crippen LogP contribution < -0.4 is 0 Å². The molecule has 0 aromatic carbocycles. The molecule has 0 aliphatic carbocycles. The molecule has 0 aromatic heterocycles. The second kappa shape index (κ2) is 8.98. The zero-order valence-electron chi connectivity index (χ0n) is 1.89. The molecule has 4 heavy (non-hydrogen) atoms. The molecule has 4 heteroatoms. The zero-order valence-corrected chi connectivity index (χ0v) is 5.26. The van der Waals surface area contributed by atoms with Gasteiger partial charge in [0.2, 0.25) is 0 Å². The van der Waals surface area contributed by atoms with Gasteiger partial charge in [-0.2, -0.15) is 0 Å². The van der Waals surface area contributed by atoms with E-state index in [1.54, 1.807) is 0 Å². The topological polar surface area (TPSA) is 34.1 Å². The molecule has 0 aromatic rings. The van der Waals surface area contributed by atoms with Crippen LogP contribution in [0.3, 0.4) is 0 Å². The quantitative estimate of drug-likeness (QED) is 0.412. The van der Waals surface area contributed by atoms with Crippen LogP contribution in [0.1, 0.15) is 0 Å². The first-order valence-electron chi connectivity index (χ1n) is 0.408. The van der Waals surface area contributed by atoms with E-state index in [0.29, 0.717) is 0 Å². The first kappa shape index (κ1) is 8.90. The first-order chi connectivity index (χ1) is 1.41. The summed E-state index contributed by atoms with van der Waals surface area (Å²) in [5.41, 5.74) is 0. The van der Waals surface area contributed by atoms with Crippen LogP contribution in [0.25, 0.3) is 0 Å². The summed E-state index contributed by atoms with van der Waals surface area (Å²) in [5, 5.41) is 0. The Hall–Kier alpha value is 1.03. The normalized spacial score (nSPS) is 2.00. The molecule has 0 N–H and O–H groups in total. The second-order valence-electron chi connectivity index (χ2n) is 0.0833. The minimum atomic E-state index is -2.00. The van der Waals surface area contributed by atoms with Gasteiger partial charge in [0.1, 0.15) is 0 Å². The average Bonchev–Trinajstić information content (AvgIpc) is 0.918. The average molecular weight is 129 g/mol. The van der Waals surface area contributed by atoms with Gasteiger partial charge in [0, 0.05) is 0 Å². The van der Waals surface area contributed by atoms with Gasteiger partial charge in [0.25, 0.3) is 0 Å². The van der Waals surface area contributed by atoms with Gasteiger partial charge >= 0.3 is 47.5 Å². The van der Waals surface area contributed by atoms with E-state index in [-0.39, 0.29) is 21.7 Å². The molecule has 0 aliphatic heterocycles. The molecule has 0 saturated carbocycles. The molecule has 0 heterocycles. The van der Waals surface area contributed by atoms with Crippen molar-refractivity contribution < 1.29 is 47.5 Å². The first-order valence-corrected chi connectivity index (χ1v) is 1.68. The molecule has 0 rings (SSSR count). The fraction of sp³-hybridized carbons (Fsp3) is 0. The predicted octanol–water partition coefficient (Wildman–Crippen LogP) is -0.510. The molecule has 0 atom stereocenters. The van der Waals surface area contributed by atoms with E-state index >= 15 is 0 Å². The van der Waals surface area contributed by atoms with Crippen LogP contribution in [0, 0.1) is 0 Å². The van der Waals surface area contributed by atoms with Crippen molar-refractivity contribution >= 4 is 0 Å². The van der Waals surface area contributed by atoms with Gasteiger partial charge in [-0.25, -0.2) is 0 Å². The SMILES string of the molecule is [O]=[Ti]=[O].[TiH]. The molecule has 0 radical (unpaired) electrons. The molecule has 0 amide bonds. The fourth-order valence-electron chi connectivity index (χ4n) is 0. The van der Waals surface area contributed by atoms with Crippen molar-refractivity contribution in [2.24, 2.45) is 0 Å². The van der Waals surface area contributed by atoms with E-state index in [0.717, 1.165) is 0 Å². The van der Waals surface area contributed by atoms with E-state index in [2.05, 4.69) is 0 Å². The van der Waals surface area contributed by atoms with E-state index in [4.69, 9.17) is 6.65 Å². The summed E-state index contributed by atoms with van der Waals surface area (Å²) in [5.74, 6) is 0. The van der Waals surface area contributed by atoms with E-state index in [9.17, 15) is 0 Å². The number of rotatable bonds is 0. The Morgan fingerprint density at radius 2 is 1.25 bits per heavy atom. The van der Waals surface area contributed by atoms with Crippen molar-refractivity contribution in [3.63, 3.8) is 0 Å². The van der Waals surface area contributed by atoms with E-state index in [1.807, 2.05) is 0 Å². The van der Waals surface area contributed by atoms with Gasteiger partial charge in [-0.05, 0) is 0 Å². The van der Waals surface area contributed by atoms with Crippen LogP contribution in [0.15, 0.2) is 0 Å². The molecule has 0 spiro atoms. The van der Waals surface area contributed by atoms with Gasteiger partial charge < -0.3 is 0 Å². The Morgan fingerprint density at radius 3 is 1.25 bits per heavy atom. The third-order valence-corrected chi connectivity index (χ3v) is 0. The maximum atomic E-state index is 8.50. The van der Waals surface area contributed by atoms with Gasteiger partial charge in [0.05, 0.1) is 0 Å². The predicted molar refractivity (Wildman–Crippen MR) is 2.77 cm³/mol. The van der Waals surface area contributed by atoms with Crippen LogP contribution in [0.2, 0.25) is 0 Å². The van der Waals surface area contributed by atoms with Crippen LogP contribution in [-0.4, -0.2) is 0 Å². The Kier molecular flexibility index (Phi) is 20.0. The molecule has 0 bridgehead atoms. The van der Waals surface area contributed by atoms with Crippen molar-refractivity contribution in [2.45, 2.75) is 0 Å². The summed E-state index contributed by atoms with van der Waals surface area (Å²) >= 11 is -2.00. The molecule has 0 fully saturated rings. The Balaban J connectivity index is 0. The van der Waals surface area contributed by atoms with Crippen LogP contribution >= 0.6 is 0 Å². The van der Waals surface area contributed by atoms with Gasteiger partial charge in [-0.15, -0.1) is 0 Å². The fourth-order valence-corrected chi connectivity index (χ4v) is 0. The molecular weight excluding hydrogens is 128 g/mol. The zero-order chi connectivity index (χ0) is 2.71. The summed E-state index contributed by atoms with van der Waals surface area (Å²) in [6.07, 6.45) is 0. The Bertz CT molecular complexity index is 25.0. The molecule has 0 aliphatic rings. The van der Waals surface area contributed by atoms with Gasteiger partial charge in [0.15, 0.2) is 0 Å². The number of hydrogen-bond acceptors (Lipinski definition) is 2. The second-order valence-corrected chi connectivity index (χ2v) is 0.344. The van der Waals surface area contributed by atoms with E-state index in [1.165, 1.54) is 0 Å².